The number of amides is 1. The molecule has 0 aliphatic heterocycles. The van der Waals surface area contributed by atoms with Crippen molar-refractivity contribution < 1.29 is 4.79 Å². The standard InChI is InChI=1S/C17H21NO/c19-11-18-16-3-1-15(2-4-16)17-8-12-5-13(9-17)7-14(6-12)10-17/h1-4,11-14H,5-10H2,(H,18,19). The molecule has 0 radical (unpaired) electrons. The van der Waals surface area contributed by atoms with Gasteiger partial charge in [0.15, 0.2) is 0 Å². The first-order chi connectivity index (χ1) is 9.27. The molecule has 0 atom stereocenters. The highest BCUT2D eigenvalue weighted by Crippen LogP contribution is 2.60. The number of carbonyl (C=O) groups excluding carboxylic acids is 1. The number of benzene rings is 1. The molecular weight excluding hydrogens is 234 g/mol. The van der Waals surface area contributed by atoms with Crippen LogP contribution >= 0.6 is 0 Å². The van der Waals surface area contributed by atoms with E-state index in [4.69, 9.17) is 0 Å². The van der Waals surface area contributed by atoms with Crippen LogP contribution in [0.2, 0.25) is 0 Å². The fourth-order valence-corrected chi connectivity index (χ4v) is 5.45. The number of anilines is 1. The second-order valence-electron chi connectivity index (χ2n) is 7.04. The highest BCUT2D eigenvalue weighted by Gasteiger charge is 2.51. The minimum absolute atomic E-state index is 0.467. The molecule has 0 unspecified atom stereocenters. The lowest BCUT2D eigenvalue weighted by Gasteiger charge is -2.57. The largest absolute Gasteiger partial charge is 0.329 e. The van der Waals surface area contributed by atoms with Gasteiger partial charge < -0.3 is 5.32 Å². The van der Waals surface area contributed by atoms with E-state index in [1.165, 1.54) is 44.1 Å². The van der Waals surface area contributed by atoms with Crippen molar-refractivity contribution in [2.75, 3.05) is 5.32 Å². The van der Waals surface area contributed by atoms with Gasteiger partial charge in [-0.1, -0.05) is 12.1 Å². The van der Waals surface area contributed by atoms with Crippen LogP contribution in [0.15, 0.2) is 24.3 Å². The van der Waals surface area contributed by atoms with Crippen molar-refractivity contribution in [3.63, 3.8) is 0 Å². The van der Waals surface area contributed by atoms with Gasteiger partial charge in [-0.05, 0) is 79.4 Å². The molecule has 1 N–H and O–H groups in total. The highest BCUT2D eigenvalue weighted by molar-refractivity contribution is 5.71. The van der Waals surface area contributed by atoms with Crippen molar-refractivity contribution in [2.45, 2.75) is 43.9 Å². The molecule has 4 fully saturated rings. The number of carbonyl (C=O) groups is 1. The van der Waals surface area contributed by atoms with Gasteiger partial charge >= 0.3 is 0 Å². The van der Waals surface area contributed by atoms with Crippen LogP contribution in [-0.4, -0.2) is 6.41 Å². The Hall–Kier alpha value is -1.31. The number of rotatable bonds is 3. The van der Waals surface area contributed by atoms with Gasteiger partial charge in [0, 0.05) is 5.69 Å². The maximum absolute atomic E-state index is 10.5. The minimum atomic E-state index is 0.467. The van der Waals surface area contributed by atoms with Gasteiger partial charge in [-0.25, -0.2) is 0 Å². The molecule has 1 aromatic carbocycles. The maximum Gasteiger partial charge on any atom is 0.211 e. The topological polar surface area (TPSA) is 29.1 Å². The lowest BCUT2D eigenvalue weighted by molar-refractivity contribution is -0.105. The molecular formula is C17H21NO. The summed E-state index contributed by atoms with van der Waals surface area (Å²) in [5.41, 5.74) is 2.89. The first-order valence-electron chi connectivity index (χ1n) is 7.58. The van der Waals surface area contributed by atoms with E-state index in [1.807, 2.05) is 0 Å². The van der Waals surface area contributed by atoms with Crippen molar-refractivity contribution in [2.24, 2.45) is 17.8 Å². The predicted molar refractivity (Wildman–Crippen MR) is 76.0 cm³/mol. The summed E-state index contributed by atoms with van der Waals surface area (Å²) >= 11 is 0. The molecule has 19 heavy (non-hydrogen) atoms. The lowest BCUT2D eigenvalue weighted by Crippen LogP contribution is -2.48. The van der Waals surface area contributed by atoms with E-state index in [-0.39, 0.29) is 0 Å². The molecule has 2 heteroatoms. The van der Waals surface area contributed by atoms with E-state index < -0.39 is 0 Å². The summed E-state index contributed by atoms with van der Waals surface area (Å²) in [6.07, 6.45) is 9.43. The van der Waals surface area contributed by atoms with E-state index in [2.05, 4.69) is 29.6 Å². The van der Waals surface area contributed by atoms with E-state index in [1.54, 1.807) is 0 Å². The quantitative estimate of drug-likeness (QED) is 0.819. The van der Waals surface area contributed by atoms with E-state index in [0.29, 0.717) is 5.41 Å². The number of nitrogens with one attached hydrogen (secondary N) is 1. The van der Waals surface area contributed by atoms with Crippen LogP contribution in [0.1, 0.15) is 44.1 Å². The zero-order valence-corrected chi connectivity index (χ0v) is 11.3. The predicted octanol–water partition coefficient (Wildman–Crippen LogP) is 3.72. The number of hydrogen-bond donors (Lipinski definition) is 1. The van der Waals surface area contributed by atoms with Gasteiger partial charge in [0.25, 0.3) is 0 Å². The van der Waals surface area contributed by atoms with Gasteiger partial charge in [0.2, 0.25) is 6.41 Å². The monoisotopic (exact) mass is 255 g/mol. The second kappa shape index (κ2) is 4.09. The molecule has 4 saturated carbocycles. The summed E-state index contributed by atoms with van der Waals surface area (Å²) < 4.78 is 0. The number of hydrogen-bond acceptors (Lipinski definition) is 1. The van der Waals surface area contributed by atoms with Crippen molar-refractivity contribution >= 4 is 12.1 Å². The van der Waals surface area contributed by atoms with Crippen LogP contribution < -0.4 is 5.32 Å². The smallest absolute Gasteiger partial charge is 0.211 e. The molecule has 2 nitrogen and oxygen atoms in total. The van der Waals surface area contributed by atoms with Crippen molar-refractivity contribution in [3.8, 4) is 0 Å². The van der Waals surface area contributed by atoms with E-state index >= 15 is 0 Å². The summed E-state index contributed by atoms with van der Waals surface area (Å²) in [4.78, 5) is 10.5. The van der Waals surface area contributed by atoms with Crippen LogP contribution in [0.3, 0.4) is 0 Å². The third kappa shape index (κ3) is 1.80. The highest BCUT2D eigenvalue weighted by atomic mass is 16.1. The normalized spacial score (nSPS) is 39.3. The molecule has 4 bridgehead atoms. The molecule has 5 rings (SSSR count). The van der Waals surface area contributed by atoms with Crippen LogP contribution in [0.5, 0.6) is 0 Å². The Morgan fingerprint density at radius 1 is 0.947 bits per heavy atom. The zero-order chi connectivity index (χ0) is 12.9. The van der Waals surface area contributed by atoms with Crippen LogP contribution in [0, 0.1) is 17.8 Å². The van der Waals surface area contributed by atoms with Gasteiger partial charge in [-0.2, -0.15) is 0 Å². The fraction of sp³-hybridized carbons (Fsp3) is 0.588. The SMILES string of the molecule is O=CNc1ccc(C23CC4CC(CC(C4)C2)C3)cc1. The molecule has 0 aromatic heterocycles. The van der Waals surface area contributed by atoms with E-state index in [0.717, 1.165) is 29.9 Å². The summed E-state index contributed by atoms with van der Waals surface area (Å²) in [5.74, 6) is 2.96. The summed E-state index contributed by atoms with van der Waals surface area (Å²) in [5, 5.41) is 2.73. The average Bonchev–Trinajstić information content (AvgIpc) is 2.38. The molecule has 0 spiro atoms. The minimum Gasteiger partial charge on any atom is -0.329 e. The Bertz CT molecular complexity index is 455. The molecule has 4 aliphatic carbocycles. The fourth-order valence-electron chi connectivity index (χ4n) is 5.45. The van der Waals surface area contributed by atoms with Crippen molar-refractivity contribution in [3.05, 3.63) is 29.8 Å². The Kier molecular flexibility index (Phi) is 2.48. The Morgan fingerprint density at radius 3 is 1.95 bits per heavy atom. The zero-order valence-electron chi connectivity index (χ0n) is 11.3. The molecule has 1 amide bonds. The summed E-state index contributed by atoms with van der Waals surface area (Å²) in [7, 11) is 0. The van der Waals surface area contributed by atoms with Gasteiger partial charge in [0.05, 0.1) is 0 Å². The first-order valence-corrected chi connectivity index (χ1v) is 7.58. The van der Waals surface area contributed by atoms with Crippen LogP contribution in [0.4, 0.5) is 5.69 Å². The van der Waals surface area contributed by atoms with Crippen LogP contribution in [-0.2, 0) is 10.2 Å². The maximum atomic E-state index is 10.5. The third-order valence-corrected chi connectivity index (χ3v) is 5.76. The van der Waals surface area contributed by atoms with Gasteiger partial charge in [0.1, 0.15) is 0 Å². The Balaban J connectivity index is 1.65. The second-order valence-corrected chi connectivity index (χ2v) is 7.04. The summed E-state index contributed by atoms with van der Waals surface area (Å²) in [6, 6.07) is 8.61. The average molecular weight is 255 g/mol. The molecule has 100 valence electrons. The van der Waals surface area contributed by atoms with E-state index in [9.17, 15) is 4.79 Å². The molecule has 4 aliphatic rings. The van der Waals surface area contributed by atoms with Crippen molar-refractivity contribution in [1.82, 2.24) is 0 Å². The summed E-state index contributed by atoms with van der Waals surface area (Å²) in [6.45, 7) is 0. The Labute approximate surface area is 114 Å². The van der Waals surface area contributed by atoms with Crippen LogP contribution in [0.25, 0.3) is 0 Å². The van der Waals surface area contributed by atoms with Gasteiger partial charge in [-0.3, -0.25) is 4.79 Å². The first kappa shape index (κ1) is 11.5. The lowest BCUT2D eigenvalue weighted by atomic mass is 9.48. The Morgan fingerprint density at radius 2 is 1.47 bits per heavy atom. The molecule has 1 aromatic rings. The van der Waals surface area contributed by atoms with Gasteiger partial charge in [-0.15, -0.1) is 0 Å². The third-order valence-electron chi connectivity index (χ3n) is 5.76. The molecule has 0 saturated heterocycles. The molecule has 0 heterocycles. The van der Waals surface area contributed by atoms with Crippen molar-refractivity contribution in [1.29, 1.82) is 0 Å².